The van der Waals surface area contributed by atoms with Gasteiger partial charge in [0, 0.05) is 0 Å². The summed E-state index contributed by atoms with van der Waals surface area (Å²) in [6, 6.07) is 0. The molecule has 8 aliphatic rings. The zero-order valence-electron chi connectivity index (χ0n) is 40.8. The van der Waals surface area contributed by atoms with Crippen LogP contribution >= 0.6 is 0 Å². The van der Waals surface area contributed by atoms with Crippen molar-refractivity contribution in [3.8, 4) is 0 Å². The van der Waals surface area contributed by atoms with Crippen molar-refractivity contribution in [3.63, 3.8) is 0 Å². The zero-order valence-corrected chi connectivity index (χ0v) is 40.8. The lowest BCUT2D eigenvalue weighted by Crippen LogP contribution is -2.70. The summed E-state index contributed by atoms with van der Waals surface area (Å²) >= 11 is 0. The minimum Gasteiger partial charge on any atom is -0.479 e. The van der Waals surface area contributed by atoms with E-state index in [-0.39, 0.29) is 52.8 Å². The first kappa shape index (κ1) is 53.3. The van der Waals surface area contributed by atoms with E-state index in [1.165, 1.54) is 6.92 Å². The molecule has 8 rings (SSSR count). The van der Waals surface area contributed by atoms with Crippen molar-refractivity contribution < 1.29 is 99.0 Å². The van der Waals surface area contributed by atoms with Gasteiger partial charge in [0.2, 0.25) is 6.29 Å². The van der Waals surface area contributed by atoms with E-state index in [0.29, 0.717) is 6.42 Å². The van der Waals surface area contributed by atoms with Gasteiger partial charge in [0.1, 0.15) is 67.3 Å². The van der Waals surface area contributed by atoms with E-state index < -0.39 is 139 Å². The Hall–Kier alpha value is -1.99. The predicted molar refractivity (Wildman–Crippen MR) is 236 cm³/mol. The molecular formula is C49H78O20. The molecule has 0 spiro atoms. The average Bonchev–Trinajstić information content (AvgIpc) is 3.28. The number of carboxylic acids is 1. The molecule has 0 amide bonds. The van der Waals surface area contributed by atoms with E-state index in [2.05, 4.69) is 34.6 Å². The summed E-state index contributed by atoms with van der Waals surface area (Å²) in [4.78, 5) is 40.1. The van der Waals surface area contributed by atoms with Crippen LogP contribution in [0, 0.1) is 56.2 Å². The van der Waals surface area contributed by atoms with Gasteiger partial charge in [-0.1, -0.05) is 41.5 Å². The third-order valence-electron chi connectivity index (χ3n) is 20.1. The molecule has 20 heteroatoms. The average molecular weight is 987 g/mol. The number of hydrogen-bond acceptors (Lipinski definition) is 19. The fourth-order valence-corrected chi connectivity index (χ4v) is 16.1. The molecule has 0 aromatic heterocycles. The molecule has 0 aromatic rings. The molecule has 11 N–H and O–H groups in total. The van der Waals surface area contributed by atoms with Gasteiger partial charge in [0.15, 0.2) is 18.7 Å². The maximum atomic E-state index is 14.0. The summed E-state index contributed by atoms with van der Waals surface area (Å²) in [7, 11) is 0. The SMILES string of the molecule is C[C@@H]1O[C@@H](O[C@@H]2[C@@H](O)[C@H](O[C@H]3[C@@H](O)C[C@]4(C)[C@H]5CC[C@@H]6[C@@H]7CC(C)(C)CC[C@]7(CC(=O)O[C@@H]7O[C@H](CO)[C@@H](O)[C@H](O)[C@H]7O)CC[C@@]6(C)[C@]5(C)CC[C@H]4[C@]3(C)C=O)O[C@H](C(=O)O)[C@H]2O)[C@H](O)[C@H](O)[C@H]1O. The van der Waals surface area contributed by atoms with E-state index in [9.17, 15) is 70.6 Å². The Kier molecular flexibility index (Phi) is 14.5. The van der Waals surface area contributed by atoms with Crippen molar-refractivity contribution in [2.75, 3.05) is 6.61 Å². The highest BCUT2D eigenvalue weighted by Crippen LogP contribution is 2.77. The number of carbonyl (C=O) groups is 3. The minimum atomic E-state index is -2.04. The fourth-order valence-electron chi connectivity index (χ4n) is 16.1. The number of esters is 1. The molecule has 69 heavy (non-hydrogen) atoms. The number of aldehydes is 1. The van der Waals surface area contributed by atoms with E-state index in [1.807, 2.05) is 0 Å². The molecule has 3 aliphatic heterocycles. The molecular weight excluding hydrogens is 909 g/mol. The number of carbonyl (C=O) groups excluding carboxylic acids is 2. The van der Waals surface area contributed by atoms with Crippen LogP contribution in [0.5, 0.6) is 0 Å². The predicted octanol–water partition coefficient (Wildman–Crippen LogP) is -0.120. The summed E-state index contributed by atoms with van der Waals surface area (Å²) in [6.07, 6.45) is -19.9. The molecule has 394 valence electrons. The first-order chi connectivity index (χ1) is 32.1. The smallest absolute Gasteiger partial charge is 0.335 e. The van der Waals surface area contributed by atoms with Crippen LogP contribution in [-0.2, 0) is 42.8 Å². The number of fused-ring (bicyclic) bond motifs is 7. The summed E-state index contributed by atoms with van der Waals surface area (Å²) in [5, 5.41) is 117. The number of aliphatic hydroxyl groups excluding tert-OH is 10. The van der Waals surface area contributed by atoms with Crippen molar-refractivity contribution in [3.05, 3.63) is 0 Å². The van der Waals surface area contributed by atoms with Crippen LogP contribution in [0.25, 0.3) is 0 Å². The van der Waals surface area contributed by atoms with Crippen LogP contribution in [0.1, 0.15) is 119 Å². The fraction of sp³-hybridized carbons (Fsp3) is 0.939. The summed E-state index contributed by atoms with van der Waals surface area (Å²) in [6.45, 7) is 13.9. The van der Waals surface area contributed by atoms with Crippen LogP contribution in [0.15, 0.2) is 0 Å². The Balaban J connectivity index is 1.02. The van der Waals surface area contributed by atoms with E-state index >= 15 is 0 Å². The Morgan fingerprint density at radius 3 is 1.93 bits per heavy atom. The van der Waals surface area contributed by atoms with Gasteiger partial charge in [-0.15, -0.1) is 0 Å². The van der Waals surface area contributed by atoms with Gasteiger partial charge in [-0.3, -0.25) is 4.79 Å². The second kappa shape index (κ2) is 18.7. The van der Waals surface area contributed by atoms with Crippen LogP contribution < -0.4 is 0 Å². The topological polar surface area (TPSA) is 329 Å². The monoisotopic (exact) mass is 987 g/mol. The van der Waals surface area contributed by atoms with Gasteiger partial charge in [0.25, 0.3) is 0 Å². The third kappa shape index (κ3) is 8.54. The first-order valence-corrected chi connectivity index (χ1v) is 25.0. The minimum absolute atomic E-state index is 0.0108. The Bertz CT molecular complexity index is 1900. The lowest BCUT2D eigenvalue weighted by molar-refractivity contribution is -0.367. The van der Waals surface area contributed by atoms with Gasteiger partial charge in [-0.05, 0) is 122 Å². The molecule has 0 radical (unpaired) electrons. The molecule has 0 aromatic carbocycles. The number of ether oxygens (including phenoxy) is 6. The molecule has 3 heterocycles. The van der Waals surface area contributed by atoms with E-state index in [0.717, 1.165) is 57.7 Å². The Labute approximate surface area is 402 Å². The largest absolute Gasteiger partial charge is 0.479 e. The van der Waals surface area contributed by atoms with Gasteiger partial charge >= 0.3 is 11.9 Å². The maximum Gasteiger partial charge on any atom is 0.335 e. The van der Waals surface area contributed by atoms with Gasteiger partial charge < -0.3 is 89.4 Å². The second-order valence-electron chi connectivity index (χ2n) is 24.2. The molecule has 0 unspecified atom stereocenters. The normalized spacial score (nSPS) is 55.0. The van der Waals surface area contributed by atoms with Crippen LogP contribution in [0.4, 0.5) is 0 Å². The van der Waals surface area contributed by atoms with Crippen molar-refractivity contribution in [2.45, 2.75) is 223 Å². The van der Waals surface area contributed by atoms with E-state index in [1.54, 1.807) is 6.92 Å². The molecule has 26 atom stereocenters. The molecule has 8 fully saturated rings. The summed E-state index contributed by atoms with van der Waals surface area (Å²) < 4.78 is 34.5. The van der Waals surface area contributed by atoms with Crippen LogP contribution in [0.2, 0.25) is 0 Å². The van der Waals surface area contributed by atoms with Crippen molar-refractivity contribution in [1.82, 2.24) is 0 Å². The highest BCUT2D eigenvalue weighted by atomic mass is 16.7. The number of carboxylic acid groups (broad SMARTS) is 1. The second-order valence-corrected chi connectivity index (χ2v) is 24.2. The first-order valence-electron chi connectivity index (χ1n) is 25.0. The van der Waals surface area contributed by atoms with E-state index in [4.69, 9.17) is 28.4 Å². The van der Waals surface area contributed by atoms with Gasteiger partial charge in [0.05, 0.1) is 36.8 Å². The Morgan fingerprint density at radius 2 is 1.28 bits per heavy atom. The number of rotatable bonds is 10. The van der Waals surface area contributed by atoms with Crippen molar-refractivity contribution >= 4 is 18.2 Å². The van der Waals surface area contributed by atoms with Gasteiger partial charge in [-0.2, -0.15) is 0 Å². The lowest BCUT2D eigenvalue weighted by Gasteiger charge is -2.74. The highest BCUT2D eigenvalue weighted by molar-refractivity contribution is 5.73. The summed E-state index contributed by atoms with van der Waals surface area (Å²) in [5.41, 5.74) is -2.95. The molecule has 0 bridgehead atoms. The number of aliphatic carboxylic acids is 1. The molecule has 3 saturated heterocycles. The highest BCUT2D eigenvalue weighted by Gasteiger charge is 2.72. The van der Waals surface area contributed by atoms with Crippen molar-refractivity contribution in [2.24, 2.45) is 56.2 Å². The quantitative estimate of drug-likeness (QED) is 0.0772. The molecule has 5 saturated carbocycles. The Morgan fingerprint density at radius 1 is 0.638 bits per heavy atom. The molecule has 5 aliphatic carbocycles. The van der Waals surface area contributed by atoms with Gasteiger partial charge in [-0.25, -0.2) is 4.79 Å². The zero-order chi connectivity index (χ0) is 50.7. The van der Waals surface area contributed by atoms with Crippen LogP contribution in [-0.4, -0.2) is 185 Å². The van der Waals surface area contributed by atoms with Crippen LogP contribution in [0.3, 0.4) is 0 Å². The number of hydrogen-bond donors (Lipinski definition) is 11. The standard InChI is InChI=1S/C49H78O20/c1-21-29(54)31(56)33(58)41(64-21)67-37-35(60)38(40(62)63)68-43(36(37)61)69-39-24(52)17-45(4)26(46(39,5)20-51)10-11-48(7)27(45)9-8-22-23-16-44(2,3)12-14-49(23,15-13-47(22,48)6)18-28(53)66-42-34(59)32(57)30(55)25(19-50)65-42/h20-27,29-39,41-43,50,52,54-61H,8-19H2,1-7H3,(H,62,63)/t21-,22+,23-,24-,25+,26+,27+,29-,30+,31+,32-,33+,34+,35-,36+,37-,38-,39-,41-,42-,43-,45-,46-,47+,48+,49+/m0/s1. The van der Waals surface area contributed by atoms with Crippen molar-refractivity contribution in [1.29, 1.82) is 0 Å². The lowest BCUT2D eigenvalue weighted by atomic mass is 9.31. The summed E-state index contributed by atoms with van der Waals surface area (Å²) in [5.74, 6) is -2.23. The molecule has 20 nitrogen and oxygen atoms in total. The maximum absolute atomic E-state index is 14.0. The number of aliphatic hydroxyl groups is 10. The third-order valence-corrected chi connectivity index (χ3v) is 20.1.